The lowest BCUT2D eigenvalue weighted by atomic mass is 9.74. The number of benzene rings is 2. The van der Waals surface area contributed by atoms with Crippen LogP contribution in [-0.2, 0) is 9.59 Å². The predicted molar refractivity (Wildman–Crippen MR) is 134 cm³/mol. The van der Waals surface area contributed by atoms with Gasteiger partial charge in [-0.05, 0) is 32.0 Å². The van der Waals surface area contributed by atoms with Crippen molar-refractivity contribution in [2.45, 2.75) is 61.3 Å². The standard InChI is InChI=1S/C29H34N2O2/c1-18-11-9-13-20(15-18)22-17-23(21-14-10-12-19(2)16-21)31-27(30-22)24(25(32)28(3,4)5)26(33)29(6,7)8/h9-17,24H,1-8H3. The van der Waals surface area contributed by atoms with Gasteiger partial charge in [0.2, 0.25) is 0 Å². The maximum absolute atomic E-state index is 13.6. The summed E-state index contributed by atoms with van der Waals surface area (Å²) in [6, 6.07) is 18.1. The smallest absolute Gasteiger partial charge is 0.156 e. The van der Waals surface area contributed by atoms with Crippen LogP contribution in [0.5, 0.6) is 0 Å². The summed E-state index contributed by atoms with van der Waals surface area (Å²) in [7, 11) is 0. The van der Waals surface area contributed by atoms with Crippen molar-refractivity contribution in [2.75, 3.05) is 0 Å². The Kier molecular flexibility index (Phi) is 6.69. The third-order valence-electron chi connectivity index (χ3n) is 5.63. The van der Waals surface area contributed by atoms with Crippen LogP contribution >= 0.6 is 0 Å². The van der Waals surface area contributed by atoms with Crippen molar-refractivity contribution in [1.82, 2.24) is 9.97 Å². The molecule has 3 aromatic rings. The number of aryl methyl sites for hydroxylation is 2. The molecule has 0 saturated heterocycles. The van der Waals surface area contributed by atoms with Gasteiger partial charge in [-0.1, -0.05) is 89.1 Å². The van der Waals surface area contributed by atoms with Gasteiger partial charge in [0.05, 0.1) is 11.4 Å². The molecule has 2 aromatic carbocycles. The molecule has 3 rings (SSSR count). The zero-order chi connectivity index (χ0) is 24.6. The molecule has 0 bridgehead atoms. The van der Waals surface area contributed by atoms with Gasteiger partial charge in [0, 0.05) is 22.0 Å². The van der Waals surface area contributed by atoms with Crippen molar-refractivity contribution in [3.05, 3.63) is 71.5 Å². The van der Waals surface area contributed by atoms with Crippen molar-refractivity contribution in [3.8, 4) is 22.5 Å². The Labute approximate surface area is 197 Å². The predicted octanol–water partition coefficient (Wildman–Crippen LogP) is 6.74. The van der Waals surface area contributed by atoms with Crippen LogP contribution in [0.15, 0.2) is 54.6 Å². The van der Waals surface area contributed by atoms with Crippen LogP contribution in [-0.4, -0.2) is 21.5 Å². The van der Waals surface area contributed by atoms with Crippen molar-refractivity contribution >= 4 is 11.6 Å². The number of hydrogen-bond donors (Lipinski definition) is 0. The summed E-state index contributed by atoms with van der Waals surface area (Å²) in [4.78, 5) is 36.7. The molecule has 1 heterocycles. The Morgan fingerprint density at radius 1 is 0.667 bits per heavy atom. The van der Waals surface area contributed by atoms with E-state index in [1.54, 1.807) is 0 Å². The lowest BCUT2D eigenvalue weighted by Crippen LogP contribution is -2.38. The highest BCUT2D eigenvalue weighted by atomic mass is 16.2. The topological polar surface area (TPSA) is 59.9 Å². The minimum Gasteiger partial charge on any atom is -0.298 e. The Balaban J connectivity index is 2.31. The van der Waals surface area contributed by atoms with Gasteiger partial charge < -0.3 is 0 Å². The van der Waals surface area contributed by atoms with Crippen LogP contribution in [0.4, 0.5) is 0 Å². The molecular weight excluding hydrogens is 408 g/mol. The van der Waals surface area contributed by atoms with Gasteiger partial charge >= 0.3 is 0 Å². The van der Waals surface area contributed by atoms with E-state index in [4.69, 9.17) is 9.97 Å². The van der Waals surface area contributed by atoms with Crippen molar-refractivity contribution < 1.29 is 9.59 Å². The number of nitrogens with zero attached hydrogens (tertiary/aromatic N) is 2. The van der Waals surface area contributed by atoms with E-state index < -0.39 is 16.7 Å². The second-order valence-electron chi connectivity index (χ2n) is 10.9. The number of carbonyl (C=O) groups excluding carboxylic acids is 2. The number of aromatic nitrogens is 2. The molecule has 0 aliphatic heterocycles. The lowest BCUT2D eigenvalue weighted by Gasteiger charge is -2.28. The summed E-state index contributed by atoms with van der Waals surface area (Å²) in [5.41, 5.74) is 4.06. The van der Waals surface area contributed by atoms with Crippen molar-refractivity contribution in [3.63, 3.8) is 0 Å². The summed E-state index contributed by atoms with van der Waals surface area (Å²) >= 11 is 0. The van der Waals surface area contributed by atoms with E-state index in [0.717, 1.165) is 22.3 Å². The number of Topliss-reactive ketones (excluding diaryl/α,β-unsaturated/α-hetero) is 2. The van der Waals surface area contributed by atoms with Crippen LogP contribution < -0.4 is 0 Å². The molecule has 1 aromatic heterocycles. The third-order valence-corrected chi connectivity index (χ3v) is 5.63. The molecule has 172 valence electrons. The van der Waals surface area contributed by atoms with Gasteiger partial charge in [-0.3, -0.25) is 9.59 Å². The zero-order valence-corrected chi connectivity index (χ0v) is 21.0. The number of carbonyl (C=O) groups is 2. The average Bonchev–Trinajstić information content (AvgIpc) is 2.72. The maximum atomic E-state index is 13.6. The highest BCUT2D eigenvalue weighted by Gasteiger charge is 2.42. The minimum atomic E-state index is -1.03. The lowest BCUT2D eigenvalue weighted by molar-refractivity contribution is -0.138. The fraction of sp³-hybridized carbons (Fsp3) is 0.379. The van der Waals surface area contributed by atoms with Gasteiger partial charge in [-0.25, -0.2) is 9.97 Å². The Hall–Kier alpha value is -3.14. The van der Waals surface area contributed by atoms with E-state index in [1.807, 2.05) is 97.9 Å². The maximum Gasteiger partial charge on any atom is 0.156 e. The van der Waals surface area contributed by atoms with Gasteiger partial charge in [0.25, 0.3) is 0 Å². The summed E-state index contributed by atoms with van der Waals surface area (Å²) < 4.78 is 0. The average molecular weight is 443 g/mol. The fourth-order valence-electron chi connectivity index (χ4n) is 3.72. The minimum absolute atomic E-state index is 0.168. The highest BCUT2D eigenvalue weighted by Crippen LogP contribution is 2.35. The van der Waals surface area contributed by atoms with E-state index in [-0.39, 0.29) is 17.4 Å². The first-order valence-corrected chi connectivity index (χ1v) is 11.4. The third kappa shape index (κ3) is 5.62. The molecule has 0 aliphatic carbocycles. The number of rotatable bonds is 5. The number of ketones is 2. The Morgan fingerprint density at radius 2 is 1.06 bits per heavy atom. The number of hydrogen-bond acceptors (Lipinski definition) is 4. The van der Waals surface area contributed by atoms with Crippen LogP contribution in [0.2, 0.25) is 0 Å². The summed E-state index contributed by atoms with van der Waals surface area (Å²) in [5, 5.41) is 0. The van der Waals surface area contributed by atoms with Gasteiger partial charge in [-0.2, -0.15) is 0 Å². The van der Waals surface area contributed by atoms with E-state index in [2.05, 4.69) is 12.1 Å². The zero-order valence-electron chi connectivity index (χ0n) is 21.0. The van der Waals surface area contributed by atoms with Crippen LogP contribution in [0.1, 0.15) is 64.4 Å². The van der Waals surface area contributed by atoms with Crippen LogP contribution in [0.25, 0.3) is 22.5 Å². The molecule has 0 spiro atoms. The molecule has 0 unspecified atom stereocenters. The summed E-state index contributed by atoms with van der Waals surface area (Å²) in [6.07, 6.45) is 0. The fourth-order valence-corrected chi connectivity index (χ4v) is 3.72. The molecule has 4 heteroatoms. The molecule has 0 radical (unpaired) electrons. The first kappa shape index (κ1) is 24.5. The van der Waals surface area contributed by atoms with Crippen molar-refractivity contribution in [1.29, 1.82) is 0 Å². The Morgan fingerprint density at radius 3 is 1.39 bits per heavy atom. The van der Waals surface area contributed by atoms with Gasteiger partial charge in [0.1, 0.15) is 11.7 Å². The summed E-state index contributed by atoms with van der Waals surface area (Å²) in [6.45, 7) is 15.1. The summed E-state index contributed by atoms with van der Waals surface area (Å²) in [5.74, 6) is -1.10. The molecule has 0 N–H and O–H groups in total. The second-order valence-corrected chi connectivity index (χ2v) is 10.9. The second kappa shape index (κ2) is 9.01. The van der Waals surface area contributed by atoms with Crippen molar-refractivity contribution in [2.24, 2.45) is 10.8 Å². The first-order valence-electron chi connectivity index (χ1n) is 11.4. The molecule has 0 fully saturated rings. The van der Waals surface area contributed by atoms with Crippen LogP contribution in [0.3, 0.4) is 0 Å². The van der Waals surface area contributed by atoms with Gasteiger partial charge in [0.15, 0.2) is 11.6 Å². The quantitative estimate of drug-likeness (QED) is 0.411. The normalized spacial score (nSPS) is 12.2. The molecule has 0 amide bonds. The van der Waals surface area contributed by atoms with E-state index in [0.29, 0.717) is 11.4 Å². The van der Waals surface area contributed by atoms with Gasteiger partial charge in [-0.15, -0.1) is 0 Å². The SMILES string of the molecule is Cc1cccc(-c2cc(-c3cccc(C)c3)nc(C(C(=O)C(C)(C)C)C(=O)C(C)(C)C)n2)c1. The Bertz CT molecular complexity index is 1110. The largest absolute Gasteiger partial charge is 0.298 e. The molecule has 0 atom stereocenters. The molecule has 33 heavy (non-hydrogen) atoms. The van der Waals surface area contributed by atoms with E-state index >= 15 is 0 Å². The molecule has 0 saturated carbocycles. The molecule has 4 nitrogen and oxygen atoms in total. The van der Waals surface area contributed by atoms with E-state index in [9.17, 15) is 9.59 Å². The first-order chi connectivity index (χ1) is 15.3. The monoisotopic (exact) mass is 442 g/mol. The molecule has 0 aliphatic rings. The van der Waals surface area contributed by atoms with E-state index in [1.165, 1.54) is 0 Å². The van der Waals surface area contributed by atoms with Crippen LogP contribution in [0, 0.1) is 24.7 Å². The molecular formula is C29H34N2O2. The highest BCUT2D eigenvalue weighted by molar-refractivity contribution is 6.10.